The zero-order chi connectivity index (χ0) is 14.0. The molecular weight excluding hydrogens is 240 g/mol. The Bertz CT molecular complexity index is 580. The SMILES string of the molecule is CC(C)(C)c1n[nH]c(C(=O)O)c1Cc1ccccc1. The van der Waals surface area contributed by atoms with Gasteiger partial charge in [0.25, 0.3) is 0 Å². The summed E-state index contributed by atoms with van der Waals surface area (Å²) in [6, 6.07) is 9.83. The summed E-state index contributed by atoms with van der Waals surface area (Å²) in [6.45, 7) is 6.09. The summed E-state index contributed by atoms with van der Waals surface area (Å²) in [5.74, 6) is -0.964. The van der Waals surface area contributed by atoms with Gasteiger partial charge >= 0.3 is 5.97 Å². The highest BCUT2D eigenvalue weighted by Gasteiger charge is 2.26. The molecule has 4 heteroatoms. The first kappa shape index (κ1) is 13.3. The van der Waals surface area contributed by atoms with Crippen LogP contribution in [0.1, 0.15) is 48.1 Å². The second-order valence-electron chi connectivity index (χ2n) is 5.64. The van der Waals surface area contributed by atoms with E-state index < -0.39 is 5.97 Å². The Hall–Kier alpha value is -2.10. The lowest BCUT2D eigenvalue weighted by atomic mass is 9.86. The number of nitrogens with zero attached hydrogens (tertiary/aromatic N) is 1. The number of hydrogen-bond donors (Lipinski definition) is 2. The molecule has 0 saturated carbocycles. The molecule has 0 spiro atoms. The molecule has 0 bridgehead atoms. The maximum atomic E-state index is 11.3. The minimum Gasteiger partial charge on any atom is -0.477 e. The Morgan fingerprint density at radius 2 is 1.89 bits per heavy atom. The van der Waals surface area contributed by atoms with E-state index in [2.05, 4.69) is 10.2 Å². The number of aromatic carboxylic acids is 1. The summed E-state index contributed by atoms with van der Waals surface area (Å²) >= 11 is 0. The predicted molar refractivity (Wildman–Crippen MR) is 73.5 cm³/mol. The van der Waals surface area contributed by atoms with Gasteiger partial charge in [0, 0.05) is 17.4 Å². The maximum absolute atomic E-state index is 11.3. The van der Waals surface area contributed by atoms with Crippen LogP contribution >= 0.6 is 0 Å². The summed E-state index contributed by atoms with van der Waals surface area (Å²) in [5, 5.41) is 16.1. The third-order valence-electron chi connectivity index (χ3n) is 3.02. The standard InChI is InChI=1S/C15H18N2O2/c1-15(2,3)13-11(12(14(18)19)16-17-13)9-10-7-5-4-6-8-10/h4-8H,9H2,1-3H3,(H,16,17)(H,18,19). The molecule has 0 aliphatic heterocycles. The van der Waals surface area contributed by atoms with E-state index in [1.54, 1.807) is 0 Å². The molecule has 0 amide bonds. The van der Waals surface area contributed by atoms with Gasteiger partial charge in [-0.15, -0.1) is 0 Å². The van der Waals surface area contributed by atoms with Crippen LogP contribution in [-0.4, -0.2) is 21.3 Å². The molecule has 19 heavy (non-hydrogen) atoms. The first-order valence-electron chi connectivity index (χ1n) is 6.24. The van der Waals surface area contributed by atoms with Crippen molar-refractivity contribution in [3.05, 3.63) is 52.8 Å². The van der Waals surface area contributed by atoms with Gasteiger partial charge in [0.05, 0.1) is 5.69 Å². The molecule has 0 aliphatic carbocycles. The number of hydrogen-bond acceptors (Lipinski definition) is 2. The van der Waals surface area contributed by atoms with Crippen molar-refractivity contribution in [1.29, 1.82) is 0 Å². The Balaban J connectivity index is 2.47. The normalized spacial score (nSPS) is 11.5. The van der Waals surface area contributed by atoms with Crippen LogP contribution in [0.4, 0.5) is 0 Å². The van der Waals surface area contributed by atoms with E-state index in [0.717, 1.165) is 16.8 Å². The molecule has 0 aliphatic rings. The van der Waals surface area contributed by atoms with Crippen molar-refractivity contribution in [3.63, 3.8) is 0 Å². The predicted octanol–water partition coefficient (Wildman–Crippen LogP) is 3.00. The van der Waals surface area contributed by atoms with Crippen molar-refractivity contribution in [1.82, 2.24) is 10.2 Å². The van der Waals surface area contributed by atoms with Crippen molar-refractivity contribution >= 4 is 5.97 Å². The van der Waals surface area contributed by atoms with Gasteiger partial charge in [-0.05, 0) is 5.56 Å². The summed E-state index contributed by atoms with van der Waals surface area (Å²) < 4.78 is 0. The number of carboxylic acid groups (broad SMARTS) is 1. The first-order chi connectivity index (χ1) is 8.89. The highest BCUT2D eigenvalue weighted by molar-refractivity contribution is 5.87. The fourth-order valence-corrected chi connectivity index (χ4v) is 2.13. The molecule has 1 heterocycles. The fourth-order valence-electron chi connectivity index (χ4n) is 2.13. The van der Waals surface area contributed by atoms with E-state index in [-0.39, 0.29) is 11.1 Å². The molecule has 0 fully saturated rings. The second kappa shape index (κ2) is 4.88. The van der Waals surface area contributed by atoms with Crippen molar-refractivity contribution in [3.8, 4) is 0 Å². The number of H-pyrrole nitrogens is 1. The van der Waals surface area contributed by atoms with Crippen molar-refractivity contribution < 1.29 is 9.90 Å². The molecule has 0 radical (unpaired) electrons. The summed E-state index contributed by atoms with van der Waals surface area (Å²) in [5.41, 5.74) is 2.67. The summed E-state index contributed by atoms with van der Waals surface area (Å²) in [4.78, 5) is 11.3. The Kier molecular flexibility index (Phi) is 3.42. The van der Waals surface area contributed by atoms with Crippen molar-refractivity contribution in [2.24, 2.45) is 0 Å². The minimum atomic E-state index is -0.964. The van der Waals surface area contributed by atoms with Gasteiger partial charge in [-0.3, -0.25) is 5.10 Å². The van der Waals surface area contributed by atoms with Crippen LogP contribution < -0.4 is 0 Å². The molecule has 1 aromatic heterocycles. The lowest BCUT2D eigenvalue weighted by Crippen LogP contribution is -2.15. The highest BCUT2D eigenvalue weighted by Crippen LogP contribution is 2.27. The van der Waals surface area contributed by atoms with Gasteiger partial charge in [0.15, 0.2) is 0 Å². The zero-order valence-electron chi connectivity index (χ0n) is 11.4. The molecule has 1 aromatic carbocycles. The van der Waals surface area contributed by atoms with Gasteiger partial charge < -0.3 is 5.11 Å². The van der Waals surface area contributed by atoms with Crippen LogP contribution in [0, 0.1) is 0 Å². The van der Waals surface area contributed by atoms with Gasteiger partial charge in [0.1, 0.15) is 5.69 Å². The topological polar surface area (TPSA) is 66.0 Å². The lowest BCUT2D eigenvalue weighted by molar-refractivity contribution is 0.0689. The summed E-state index contributed by atoms with van der Waals surface area (Å²) in [7, 11) is 0. The van der Waals surface area contributed by atoms with Crippen LogP contribution in [-0.2, 0) is 11.8 Å². The summed E-state index contributed by atoms with van der Waals surface area (Å²) in [6.07, 6.45) is 0.575. The van der Waals surface area contributed by atoms with E-state index in [9.17, 15) is 9.90 Å². The number of aromatic nitrogens is 2. The number of rotatable bonds is 3. The second-order valence-corrected chi connectivity index (χ2v) is 5.64. The van der Waals surface area contributed by atoms with E-state index in [4.69, 9.17) is 0 Å². The van der Waals surface area contributed by atoms with Crippen LogP contribution in [0.15, 0.2) is 30.3 Å². The van der Waals surface area contributed by atoms with E-state index >= 15 is 0 Å². The molecular formula is C15H18N2O2. The molecule has 2 rings (SSSR count). The fraction of sp³-hybridized carbons (Fsp3) is 0.333. The third kappa shape index (κ3) is 2.84. The number of aromatic amines is 1. The molecule has 0 atom stereocenters. The Labute approximate surface area is 112 Å². The van der Waals surface area contributed by atoms with Crippen LogP contribution in [0.5, 0.6) is 0 Å². The van der Waals surface area contributed by atoms with E-state index in [1.807, 2.05) is 51.1 Å². The number of carbonyl (C=O) groups is 1. The van der Waals surface area contributed by atoms with E-state index in [0.29, 0.717) is 6.42 Å². The van der Waals surface area contributed by atoms with Crippen LogP contribution in [0.25, 0.3) is 0 Å². The van der Waals surface area contributed by atoms with Crippen LogP contribution in [0.2, 0.25) is 0 Å². The average molecular weight is 258 g/mol. The molecule has 0 unspecified atom stereocenters. The molecule has 4 nitrogen and oxygen atoms in total. The smallest absolute Gasteiger partial charge is 0.354 e. The first-order valence-corrected chi connectivity index (χ1v) is 6.24. The monoisotopic (exact) mass is 258 g/mol. The average Bonchev–Trinajstić information content (AvgIpc) is 2.74. The molecule has 0 saturated heterocycles. The Morgan fingerprint density at radius 3 is 2.42 bits per heavy atom. The third-order valence-corrected chi connectivity index (χ3v) is 3.02. The zero-order valence-corrected chi connectivity index (χ0v) is 11.4. The number of benzene rings is 1. The van der Waals surface area contributed by atoms with Crippen LogP contribution in [0.3, 0.4) is 0 Å². The lowest BCUT2D eigenvalue weighted by Gasteiger charge is -2.17. The molecule has 100 valence electrons. The van der Waals surface area contributed by atoms with Crippen molar-refractivity contribution in [2.75, 3.05) is 0 Å². The largest absolute Gasteiger partial charge is 0.477 e. The van der Waals surface area contributed by atoms with Gasteiger partial charge in [0.2, 0.25) is 0 Å². The van der Waals surface area contributed by atoms with Crippen molar-refractivity contribution in [2.45, 2.75) is 32.6 Å². The molecule has 2 N–H and O–H groups in total. The number of carboxylic acids is 1. The quantitative estimate of drug-likeness (QED) is 0.889. The maximum Gasteiger partial charge on any atom is 0.354 e. The minimum absolute atomic E-state index is 0.186. The van der Waals surface area contributed by atoms with Gasteiger partial charge in [-0.25, -0.2) is 4.79 Å². The van der Waals surface area contributed by atoms with E-state index in [1.165, 1.54) is 0 Å². The number of nitrogens with one attached hydrogen (secondary N) is 1. The Morgan fingerprint density at radius 1 is 1.26 bits per heavy atom. The highest BCUT2D eigenvalue weighted by atomic mass is 16.4. The van der Waals surface area contributed by atoms with Gasteiger partial charge in [-0.1, -0.05) is 51.1 Å². The molecule has 2 aromatic rings. The van der Waals surface area contributed by atoms with Gasteiger partial charge in [-0.2, -0.15) is 5.10 Å².